The SMILES string of the molecule is CC1(C)S[C@@H]2[C@H](C(O)c3ccccc3F)C(=O)N2[C@H]1C(=O)OCc1ccccc1. The van der Waals surface area contributed by atoms with Gasteiger partial charge in [-0.2, -0.15) is 0 Å². The van der Waals surface area contributed by atoms with Gasteiger partial charge < -0.3 is 14.7 Å². The van der Waals surface area contributed by atoms with E-state index in [0.717, 1.165) is 5.56 Å². The highest BCUT2D eigenvalue weighted by molar-refractivity contribution is 8.01. The number of amides is 1. The number of aliphatic hydroxyl groups excluding tert-OH is 1. The zero-order valence-corrected chi connectivity index (χ0v) is 16.9. The highest BCUT2D eigenvalue weighted by Gasteiger charge is 2.65. The fraction of sp³-hybridized carbons (Fsp3) is 0.364. The first kappa shape index (κ1) is 19.9. The van der Waals surface area contributed by atoms with E-state index in [0.29, 0.717) is 0 Å². The van der Waals surface area contributed by atoms with Crippen LogP contribution in [-0.4, -0.2) is 38.0 Å². The zero-order chi connectivity index (χ0) is 20.8. The van der Waals surface area contributed by atoms with E-state index in [1.165, 1.54) is 34.9 Å². The number of benzene rings is 2. The average Bonchev–Trinajstić information content (AvgIpc) is 2.94. The van der Waals surface area contributed by atoms with Crippen LogP contribution in [0, 0.1) is 11.7 Å². The first-order valence-corrected chi connectivity index (χ1v) is 10.3. The molecule has 2 aliphatic heterocycles. The predicted octanol–water partition coefficient (Wildman–Crippen LogP) is 3.28. The lowest BCUT2D eigenvalue weighted by molar-refractivity contribution is -0.172. The summed E-state index contributed by atoms with van der Waals surface area (Å²) in [6.45, 7) is 3.89. The Morgan fingerprint density at radius 3 is 2.55 bits per heavy atom. The third kappa shape index (κ3) is 3.42. The van der Waals surface area contributed by atoms with Gasteiger partial charge in [-0.25, -0.2) is 9.18 Å². The average molecular weight is 415 g/mol. The van der Waals surface area contributed by atoms with Crippen LogP contribution < -0.4 is 0 Å². The minimum Gasteiger partial charge on any atom is -0.459 e. The van der Waals surface area contributed by atoms with Gasteiger partial charge in [-0.05, 0) is 25.5 Å². The topological polar surface area (TPSA) is 66.8 Å². The van der Waals surface area contributed by atoms with E-state index in [-0.39, 0.29) is 18.1 Å². The molecule has 1 unspecified atom stereocenters. The number of aliphatic hydroxyl groups is 1. The standard InChI is InChI=1S/C22H22FNO4S/c1-22(2)18(21(27)28-12-13-8-4-3-5-9-13)24-19(26)16(20(24)29-22)17(25)14-10-6-7-11-15(14)23/h3-11,16-18,20,25H,12H2,1-2H3/t16-,17?,18+,20-/m1/s1. The molecular weight excluding hydrogens is 393 g/mol. The summed E-state index contributed by atoms with van der Waals surface area (Å²) < 4.78 is 19.0. The summed E-state index contributed by atoms with van der Waals surface area (Å²) in [5.74, 6) is -2.16. The van der Waals surface area contributed by atoms with Gasteiger partial charge in [0.1, 0.15) is 18.5 Å². The Labute approximate surface area is 172 Å². The second-order valence-corrected chi connectivity index (χ2v) is 9.62. The molecule has 4 atom stereocenters. The van der Waals surface area contributed by atoms with Crippen LogP contribution in [0.5, 0.6) is 0 Å². The second kappa shape index (κ2) is 7.46. The number of hydrogen-bond donors (Lipinski definition) is 1. The summed E-state index contributed by atoms with van der Waals surface area (Å²) in [5.41, 5.74) is 0.961. The summed E-state index contributed by atoms with van der Waals surface area (Å²) in [7, 11) is 0. The van der Waals surface area contributed by atoms with Crippen molar-refractivity contribution in [3.63, 3.8) is 0 Å². The molecule has 2 aromatic carbocycles. The van der Waals surface area contributed by atoms with Gasteiger partial charge in [0, 0.05) is 10.3 Å². The van der Waals surface area contributed by atoms with E-state index >= 15 is 0 Å². The van der Waals surface area contributed by atoms with E-state index in [2.05, 4.69) is 0 Å². The van der Waals surface area contributed by atoms with Gasteiger partial charge in [-0.15, -0.1) is 11.8 Å². The number of esters is 1. The molecule has 0 aliphatic carbocycles. The molecular formula is C22H22FNO4S. The number of rotatable bonds is 5. The molecule has 2 heterocycles. The maximum absolute atomic E-state index is 14.1. The Balaban J connectivity index is 1.50. The van der Waals surface area contributed by atoms with Crippen LogP contribution in [0.15, 0.2) is 54.6 Å². The van der Waals surface area contributed by atoms with Gasteiger partial charge in [0.2, 0.25) is 5.91 Å². The molecule has 5 nitrogen and oxygen atoms in total. The van der Waals surface area contributed by atoms with Crippen LogP contribution in [-0.2, 0) is 20.9 Å². The smallest absolute Gasteiger partial charge is 0.330 e. The molecule has 152 valence electrons. The highest BCUT2D eigenvalue weighted by atomic mass is 32.2. The molecule has 0 radical (unpaired) electrons. The lowest BCUT2D eigenvalue weighted by Gasteiger charge is -2.45. The van der Waals surface area contributed by atoms with Crippen molar-refractivity contribution in [3.8, 4) is 0 Å². The Hall–Kier alpha value is -2.38. The molecule has 1 N–H and O–H groups in total. The van der Waals surface area contributed by atoms with Crippen molar-refractivity contribution in [2.45, 2.75) is 42.7 Å². The van der Waals surface area contributed by atoms with Gasteiger partial charge in [0.25, 0.3) is 0 Å². The number of fused-ring (bicyclic) bond motifs is 1. The number of hydrogen-bond acceptors (Lipinski definition) is 5. The lowest BCUT2D eigenvalue weighted by atomic mass is 9.85. The van der Waals surface area contributed by atoms with E-state index in [4.69, 9.17) is 4.74 Å². The first-order valence-electron chi connectivity index (χ1n) is 9.44. The van der Waals surface area contributed by atoms with Crippen LogP contribution in [0.2, 0.25) is 0 Å². The van der Waals surface area contributed by atoms with Crippen LogP contribution in [0.1, 0.15) is 31.1 Å². The number of carbonyl (C=O) groups is 2. The number of thioether (sulfide) groups is 1. The largest absolute Gasteiger partial charge is 0.459 e. The van der Waals surface area contributed by atoms with Gasteiger partial charge >= 0.3 is 5.97 Å². The van der Waals surface area contributed by atoms with Crippen LogP contribution in [0.3, 0.4) is 0 Å². The Morgan fingerprint density at radius 2 is 1.86 bits per heavy atom. The Bertz CT molecular complexity index is 935. The van der Waals surface area contributed by atoms with E-state index in [1.807, 2.05) is 44.2 Å². The first-order chi connectivity index (χ1) is 13.8. The lowest BCUT2D eigenvalue weighted by Crippen LogP contribution is -2.64. The molecule has 1 amide bonds. The number of carbonyl (C=O) groups excluding carboxylic acids is 2. The summed E-state index contributed by atoms with van der Waals surface area (Å²) >= 11 is 1.44. The van der Waals surface area contributed by atoms with Crippen molar-refractivity contribution in [2.75, 3.05) is 0 Å². The molecule has 0 saturated carbocycles. The zero-order valence-electron chi connectivity index (χ0n) is 16.1. The minimum absolute atomic E-state index is 0.0963. The summed E-state index contributed by atoms with van der Waals surface area (Å²) in [4.78, 5) is 27.2. The summed E-state index contributed by atoms with van der Waals surface area (Å²) in [6, 6.07) is 14.5. The number of β-lactam (4-membered cyclic amide) rings is 1. The summed E-state index contributed by atoms with van der Waals surface area (Å²) in [5, 5.41) is 10.3. The minimum atomic E-state index is -1.26. The van der Waals surface area contributed by atoms with Crippen molar-refractivity contribution in [3.05, 3.63) is 71.5 Å². The Kier molecular flexibility index (Phi) is 5.12. The monoisotopic (exact) mass is 415 g/mol. The molecule has 2 aromatic rings. The van der Waals surface area contributed by atoms with E-state index < -0.39 is 40.0 Å². The molecule has 4 rings (SSSR count). The fourth-order valence-corrected chi connectivity index (χ4v) is 5.74. The van der Waals surface area contributed by atoms with E-state index in [1.54, 1.807) is 6.07 Å². The molecule has 0 bridgehead atoms. The molecule has 0 aromatic heterocycles. The molecule has 0 spiro atoms. The van der Waals surface area contributed by atoms with Gasteiger partial charge in [0.15, 0.2) is 0 Å². The van der Waals surface area contributed by atoms with Crippen molar-refractivity contribution in [1.29, 1.82) is 0 Å². The van der Waals surface area contributed by atoms with Gasteiger partial charge in [-0.3, -0.25) is 4.79 Å². The normalized spacial score (nSPS) is 25.9. The predicted molar refractivity (Wildman–Crippen MR) is 107 cm³/mol. The quantitative estimate of drug-likeness (QED) is 0.600. The van der Waals surface area contributed by atoms with Crippen molar-refractivity contribution in [1.82, 2.24) is 4.90 Å². The summed E-state index contributed by atoms with van der Waals surface area (Å²) in [6.07, 6.45) is -1.26. The third-order valence-corrected chi connectivity index (χ3v) is 7.09. The molecule has 7 heteroatoms. The second-order valence-electron chi connectivity index (χ2n) is 7.85. The molecule has 2 saturated heterocycles. The number of halogens is 1. The van der Waals surface area contributed by atoms with Crippen LogP contribution in [0.25, 0.3) is 0 Å². The molecule has 2 aliphatic rings. The third-order valence-electron chi connectivity index (χ3n) is 5.49. The van der Waals surface area contributed by atoms with Gasteiger partial charge in [0.05, 0.1) is 17.4 Å². The molecule has 2 fully saturated rings. The number of ether oxygens (including phenoxy) is 1. The van der Waals surface area contributed by atoms with Crippen LogP contribution in [0.4, 0.5) is 4.39 Å². The maximum Gasteiger partial charge on any atom is 0.330 e. The fourth-order valence-electron chi connectivity index (χ4n) is 4.03. The van der Waals surface area contributed by atoms with Crippen molar-refractivity contribution >= 4 is 23.6 Å². The van der Waals surface area contributed by atoms with Crippen LogP contribution >= 0.6 is 11.8 Å². The molecule has 29 heavy (non-hydrogen) atoms. The number of nitrogens with zero attached hydrogens (tertiary/aromatic N) is 1. The van der Waals surface area contributed by atoms with E-state index in [9.17, 15) is 19.1 Å². The Morgan fingerprint density at radius 1 is 1.21 bits per heavy atom. The van der Waals surface area contributed by atoms with Gasteiger partial charge in [-0.1, -0.05) is 48.5 Å². The van der Waals surface area contributed by atoms with Crippen molar-refractivity contribution < 1.29 is 23.8 Å². The highest BCUT2D eigenvalue weighted by Crippen LogP contribution is 2.56. The van der Waals surface area contributed by atoms with Crippen molar-refractivity contribution in [2.24, 2.45) is 5.92 Å². The maximum atomic E-state index is 14.1.